The third-order valence-corrected chi connectivity index (χ3v) is 7.65. The zero-order valence-corrected chi connectivity index (χ0v) is 15.7. The number of nitrogens with zero attached hydrogens (tertiary/aromatic N) is 1. The Bertz CT molecular complexity index is 678. The number of rotatable bonds is 6. The quantitative estimate of drug-likeness (QED) is 0.853. The number of carbonyl (C=O) groups excluding carboxylic acids is 1. The molecular formula is C22H30N2O2. The number of hydrogen-bond acceptors (Lipinski definition) is 3. The third kappa shape index (κ3) is 2.69. The Hall–Kier alpha value is -1.39. The summed E-state index contributed by atoms with van der Waals surface area (Å²) in [6.45, 7) is 2.80. The average molecular weight is 354 g/mol. The van der Waals surface area contributed by atoms with E-state index in [0.29, 0.717) is 30.5 Å². The van der Waals surface area contributed by atoms with Gasteiger partial charge in [-0.2, -0.15) is 0 Å². The van der Waals surface area contributed by atoms with Crippen LogP contribution in [0.15, 0.2) is 24.3 Å². The number of amides is 1. The van der Waals surface area contributed by atoms with Crippen molar-refractivity contribution in [1.29, 1.82) is 0 Å². The van der Waals surface area contributed by atoms with Crippen molar-refractivity contribution in [3.63, 3.8) is 0 Å². The van der Waals surface area contributed by atoms with Crippen molar-refractivity contribution in [2.24, 2.45) is 17.3 Å². The summed E-state index contributed by atoms with van der Waals surface area (Å²) in [7, 11) is 1.73. The molecule has 3 aliphatic carbocycles. The van der Waals surface area contributed by atoms with Crippen molar-refractivity contribution < 1.29 is 9.53 Å². The molecular weight excluding hydrogens is 324 g/mol. The number of benzene rings is 1. The average Bonchev–Trinajstić information content (AvgIpc) is 3.41. The molecule has 1 aromatic rings. The molecule has 2 saturated heterocycles. The van der Waals surface area contributed by atoms with Gasteiger partial charge in [0.1, 0.15) is 0 Å². The first-order chi connectivity index (χ1) is 12.7. The highest BCUT2D eigenvalue weighted by Crippen LogP contribution is 2.54. The molecule has 2 heterocycles. The van der Waals surface area contributed by atoms with Crippen molar-refractivity contribution in [1.82, 2.24) is 10.2 Å². The van der Waals surface area contributed by atoms with Gasteiger partial charge >= 0.3 is 0 Å². The first kappa shape index (κ1) is 16.8. The summed E-state index contributed by atoms with van der Waals surface area (Å²) in [4.78, 5) is 15.5. The highest BCUT2D eigenvalue weighted by Gasteiger charge is 2.55. The van der Waals surface area contributed by atoms with Crippen LogP contribution in [-0.4, -0.2) is 36.5 Å². The molecule has 1 N–H and O–H groups in total. The van der Waals surface area contributed by atoms with E-state index in [1.807, 2.05) is 0 Å². The summed E-state index contributed by atoms with van der Waals surface area (Å²) < 4.78 is 5.19. The molecule has 4 bridgehead atoms. The first-order valence-electron chi connectivity index (χ1n) is 10.3. The van der Waals surface area contributed by atoms with Gasteiger partial charge in [0.25, 0.3) is 0 Å². The predicted octanol–water partition coefficient (Wildman–Crippen LogP) is 3.10. The van der Waals surface area contributed by atoms with Crippen molar-refractivity contribution in [2.45, 2.75) is 63.8 Å². The summed E-state index contributed by atoms with van der Waals surface area (Å²) in [5.41, 5.74) is 2.58. The molecule has 140 valence electrons. The van der Waals surface area contributed by atoms with E-state index in [1.54, 1.807) is 7.11 Å². The number of fused-ring (bicyclic) bond motifs is 3. The van der Waals surface area contributed by atoms with Gasteiger partial charge in [-0.25, -0.2) is 0 Å². The minimum absolute atomic E-state index is 0.00169. The molecule has 0 spiro atoms. The fraction of sp³-hybridized carbons (Fsp3) is 0.682. The van der Waals surface area contributed by atoms with Crippen LogP contribution in [0.1, 0.15) is 49.7 Å². The fourth-order valence-electron chi connectivity index (χ4n) is 6.08. The Morgan fingerprint density at radius 2 is 1.96 bits per heavy atom. The van der Waals surface area contributed by atoms with E-state index in [0.717, 1.165) is 38.3 Å². The largest absolute Gasteiger partial charge is 0.380 e. The molecule has 4 heteroatoms. The van der Waals surface area contributed by atoms with E-state index in [2.05, 4.69) is 34.5 Å². The van der Waals surface area contributed by atoms with Crippen LogP contribution in [0.25, 0.3) is 0 Å². The minimum atomic E-state index is 0.00169. The van der Waals surface area contributed by atoms with E-state index in [1.165, 1.54) is 30.4 Å². The van der Waals surface area contributed by atoms with Crippen LogP contribution in [0.2, 0.25) is 0 Å². The van der Waals surface area contributed by atoms with Gasteiger partial charge in [0.05, 0.1) is 6.61 Å². The standard InChI is InChI=1S/C22H30N2O2/c1-26-14-17-4-2-16(3-5-17)12-24-13-18-10-19(24)20(18)23-21(25)22-8-6-15(11-22)7-9-22/h2-5,15,18-20H,6-14H2,1H3,(H,23,25). The normalized spacial score (nSPS) is 37.7. The summed E-state index contributed by atoms with van der Waals surface area (Å²) in [6, 6.07) is 9.69. The van der Waals surface area contributed by atoms with Gasteiger partial charge in [-0.15, -0.1) is 0 Å². The second-order valence-electron chi connectivity index (χ2n) is 9.17. The Morgan fingerprint density at radius 1 is 1.23 bits per heavy atom. The molecule has 5 aliphatic rings. The summed E-state index contributed by atoms with van der Waals surface area (Å²) in [5.74, 6) is 1.87. The van der Waals surface area contributed by atoms with Gasteiger partial charge in [0, 0.05) is 37.7 Å². The fourth-order valence-corrected chi connectivity index (χ4v) is 6.08. The Balaban J connectivity index is 1.19. The lowest BCUT2D eigenvalue weighted by atomic mass is 9.77. The lowest BCUT2D eigenvalue weighted by Gasteiger charge is -2.39. The smallest absolute Gasteiger partial charge is 0.226 e. The minimum Gasteiger partial charge on any atom is -0.380 e. The number of hydrogen-bond donors (Lipinski definition) is 1. The maximum Gasteiger partial charge on any atom is 0.226 e. The van der Waals surface area contributed by atoms with Crippen LogP contribution in [0.3, 0.4) is 0 Å². The number of carbonyl (C=O) groups is 1. The SMILES string of the molecule is COCc1ccc(CN2CC3CC2C3NC(=O)C23CCC(CC2)C3)cc1. The maximum absolute atomic E-state index is 13.0. The van der Waals surface area contributed by atoms with Gasteiger partial charge in [-0.3, -0.25) is 9.69 Å². The lowest BCUT2D eigenvalue weighted by Crippen LogP contribution is -2.57. The van der Waals surface area contributed by atoms with Crippen LogP contribution in [0.5, 0.6) is 0 Å². The molecule has 2 aliphatic heterocycles. The van der Waals surface area contributed by atoms with Gasteiger partial charge in [0.2, 0.25) is 5.91 Å². The molecule has 1 aromatic carbocycles. The zero-order valence-electron chi connectivity index (χ0n) is 15.7. The molecule has 0 aromatic heterocycles. The van der Waals surface area contributed by atoms with E-state index in [-0.39, 0.29) is 5.41 Å². The van der Waals surface area contributed by atoms with Crippen LogP contribution in [0.4, 0.5) is 0 Å². The summed E-state index contributed by atoms with van der Waals surface area (Å²) in [5, 5.41) is 3.48. The molecule has 0 radical (unpaired) electrons. The van der Waals surface area contributed by atoms with Crippen LogP contribution >= 0.6 is 0 Å². The van der Waals surface area contributed by atoms with Gasteiger partial charge in [0.15, 0.2) is 0 Å². The van der Waals surface area contributed by atoms with E-state index in [4.69, 9.17) is 4.74 Å². The van der Waals surface area contributed by atoms with Crippen molar-refractivity contribution >= 4 is 5.91 Å². The molecule has 4 nitrogen and oxygen atoms in total. The topological polar surface area (TPSA) is 41.6 Å². The number of methoxy groups -OCH3 is 1. The van der Waals surface area contributed by atoms with Crippen molar-refractivity contribution in [3.8, 4) is 0 Å². The summed E-state index contributed by atoms with van der Waals surface area (Å²) in [6.07, 6.45) is 7.21. The van der Waals surface area contributed by atoms with Gasteiger partial charge in [-0.1, -0.05) is 24.3 Å². The molecule has 1 amide bonds. The molecule has 3 saturated carbocycles. The molecule has 3 unspecified atom stereocenters. The van der Waals surface area contributed by atoms with Gasteiger partial charge < -0.3 is 10.1 Å². The molecule has 26 heavy (non-hydrogen) atoms. The Kier molecular flexibility index (Phi) is 4.09. The van der Waals surface area contributed by atoms with E-state index in [9.17, 15) is 4.79 Å². The van der Waals surface area contributed by atoms with Crippen LogP contribution < -0.4 is 5.32 Å². The molecule has 5 fully saturated rings. The van der Waals surface area contributed by atoms with Crippen LogP contribution in [-0.2, 0) is 22.7 Å². The third-order valence-electron chi connectivity index (χ3n) is 7.65. The highest BCUT2D eigenvalue weighted by atomic mass is 16.5. The monoisotopic (exact) mass is 354 g/mol. The lowest BCUT2D eigenvalue weighted by molar-refractivity contribution is -0.132. The highest BCUT2D eigenvalue weighted by molar-refractivity contribution is 5.84. The van der Waals surface area contributed by atoms with Crippen LogP contribution in [0, 0.1) is 17.3 Å². The predicted molar refractivity (Wildman–Crippen MR) is 100 cm³/mol. The molecule has 6 rings (SSSR count). The second-order valence-corrected chi connectivity index (χ2v) is 9.17. The van der Waals surface area contributed by atoms with Gasteiger partial charge in [-0.05, 0) is 61.5 Å². The zero-order chi connectivity index (χ0) is 17.7. The van der Waals surface area contributed by atoms with E-state index < -0.39 is 0 Å². The van der Waals surface area contributed by atoms with E-state index >= 15 is 0 Å². The number of nitrogens with one attached hydrogen (secondary N) is 1. The summed E-state index contributed by atoms with van der Waals surface area (Å²) >= 11 is 0. The van der Waals surface area contributed by atoms with Crippen molar-refractivity contribution in [2.75, 3.05) is 13.7 Å². The Morgan fingerprint density at radius 3 is 2.62 bits per heavy atom. The van der Waals surface area contributed by atoms with Crippen molar-refractivity contribution in [3.05, 3.63) is 35.4 Å². The maximum atomic E-state index is 13.0. The second kappa shape index (κ2) is 6.35. The Labute approximate surface area is 156 Å². The first-order valence-corrected chi connectivity index (χ1v) is 10.3. The molecule has 3 atom stereocenters. The number of ether oxygens (including phenoxy) is 1.